The van der Waals surface area contributed by atoms with Gasteiger partial charge in [-0.15, -0.1) is 0 Å². The average Bonchev–Trinajstić information content (AvgIpc) is 3.36. The average molecular weight is 392 g/mol. The highest BCUT2D eigenvalue weighted by atomic mass is 16.6. The third kappa shape index (κ3) is 3.09. The number of nitro groups is 1. The standard InChI is InChI=1S/C20H20N6O3/c27-11-12-5-7-25(8-6-12)13-2-4-16-18(9-13)22-20(21-16)19-15-3-1-14(26(28)29)10-17(15)23-24-19/h1-4,9-10,12,27H,5-8,11H2,(H,21,22)(H,23,24). The van der Waals surface area contributed by atoms with Crippen molar-refractivity contribution in [3.05, 3.63) is 46.5 Å². The fourth-order valence-corrected chi connectivity index (χ4v) is 3.98. The number of H-pyrrole nitrogens is 2. The number of hydrogen-bond acceptors (Lipinski definition) is 6. The molecule has 9 nitrogen and oxygen atoms in total. The van der Waals surface area contributed by atoms with Gasteiger partial charge < -0.3 is 15.0 Å². The fraction of sp³-hybridized carbons (Fsp3) is 0.300. The van der Waals surface area contributed by atoms with Gasteiger partial charge in [-0.25, -0.2) is 4.98 Å². The van der Waals surface area contributed by atoms with Crippen LogP contribution in [0.15, 0.2) is 36.4 Å². The number of rotatable bonds is 4. The summed E-state index contributed by atoms with van der Waals surface area (Å²) in [4.78, 5) is 20.9. The summed E-state index contributed by atoms with van der Waals surface area (Å²) in [7, 11) is 0. The topological polar surface area (TPSA) is 124 Å². The first-order chi connectivity index (χ1) is 14.1. The summed E-state index contributed by atoms with van der Waals surface area (Å²) in [5, 5.41) is 28.2. The van der Waals surface area contributed by atoms with Gasteiger partial charge in [-0.05, 0) is 43.0 Å². The van der Waals surface area contributed by atoms with Gasteiger partial charge in [-0.2, -0.15) is 5.10 Å². The van der Waals surface area contributed by atoms with Gasteiger partial charge in [-0.3, -0.25) is 15.2 Å². The van der Waals surface area contributed by atoms with Gasteiger partial charge in [0.1, 0.15) is 5.69 Å². The van der Waals surface area contributed by atoms with Gasteiger partial charge in [0.15, 0.2) is 5.82 Å². The molecular weight excluding hydrogens is 372 g/mol. The Kier molecular flexibility index (Phi) is 4.17. The van der Waals surface area contributed by atoms with Crippen molar-refractivity contribution in [3.8, 4) is 11.5 Å². The van der Waals surface area contributed by atoms with Gasteiger partial charge in [0.25, 0.3) is 5.69 Å². The van der Waals surface area contributed by atoms with Crippen LogP contribution in [-0.2, 0) is 0 Å². The Morgan fingerprint density at radius 1 is 1.17 bits per heavy atom. The van der Waals surface area contributed by atoms with E-state index in [-0.39, 0.29) is 12.3 Å². The Hall–Kier alpha value is -3.46. The van der Waals surface area contributed by atoms with Crippen LogP contribution in [-0.4, -0.2) is 49.9 Å². The van der Waals surface area contributed by atoms with Crippen molar-refractivity contribution in [1.29, 1.82) is 0 Å². The minimum Gasteiger partial charge on any atom is -0.396 e. The number of benzene rings is 2. The Bertz CT molecular complexity index is 1210. The minimum atomic E-state index is -0.425. The van der Waals surface area contributed by atoms with Crippen LogP contribution in [0.2, 0.25) is 0 Å². The van der Waals surface area contributed by atoms with E-state index in [2.05, 4.69) is 37.2 Å². The minimum absolute atomic E-state index is 0.0203. The molecule has 1 saturated heterocycles. The number of aromatic nitrogens is 4. The van der Waals surface area contributed by atoms with Crippen LogP contribution in [0.1, 0.15) is 12.8 Å². The van der Waals surface area contributed by atoms with Crippen molar-refractivity contribution in [2.75, 3.05) is 24.6 Å². The van der Waals surface area contributed by atoms with E-state index in [9.17, 15) is 15.2 Å². The van der Waals surface area contributed by atoms with Crippen molar-refractivity contribution < 1.29 is 10.0 Å². The number of non-ortho nitro benzene ring substituents is 1. The van der Waals surface area contributed by atoms with E-state index in [1.165, 1.54) is 12.1 Å². The molecular formula is C20H20N6O3. The monoisotopic (exact) mass is 392 g/mol. The van der Waals surface area contributed by atoms with Gasteiger partial charge >= 0.3 is 0 Å². The van der Waals surface area contributed by atoms with Crippen LogP contribution in [0.5, 0.6) is 0 Å². The second-order valence-electron chi connectivity index (χ2n) is 7.46. The van der Waals surface area contributed by atoms with Crippen molar-refractivity contribution in [2.24, 2.45) is 5.92 Å². The zero-order chi connectivity index (χ0) is 20.0. The Labute approximate surface area is 165 Å². The van der Waals surface area contributed by atoms with Gasteiger partial charge in [0, 0.05) is 42.9 Å². The molecule has 0 spiro atoms. The molecule has 2 aromatic carbocycles. The summed E-state index contributed by atoms with van der Waals surface area (Å²) in [6.45, 7) is 2.12. The maximum Gasteiger partial charge on any atom is 0.271 e. The van der Waals surface area contributed by atoms with E-state index >= 15 is 0 Å². The Morgan fingerprint density at radius 2 is 2.00 bits per heavy atom. The summed E-state index contributed by atoms with van der Waals surface area (Å²) < 4.78 is 0. The smallest absolute Gasteiger partial charge is 0.271 e. The number of fused-ring (bicyclic) bond motifs is 2. The van der Waals surface area contributed by atoms with Crippen LogP contribution in [0.4, 0.5) is 11.4 Å². The Balaban J connectivity index is 1.47. The van der Waals surface area contributed by atoms with Crippen LogP contribution < -0.4 is 4.90 Å². The van der Waals surface area contributed by atoms with Crippen LogP contribution in [0, 0.1) is 16.0 Å². The number of aromatic amines is 2. The first kappa shape index (κ1) is 17.6. The largest absolute Gasteiger partial charge is 0.396 e. The predicted octanol–water partition coefficient (Wildman–Crippen LogP) is 3.22. The summed E-state index contributed by atoms with van der Waals surface area (Å²) >= 11 is 0. The number of nitrogens with zero attached hydrogens (tertiary/aromatic N) is 4. The number of hydrogen-bond donors (Lipinski definition) is 3. The van der Waals surface area contributed by atoms with E-state index < -0.39 is 4.92 Å². The zero-order valence-electron chi connectivity index (χ0n) is 15.6. The maximum atomic E-state index is 11.0. The highest BCUT2D eigenvalue weighted by molar-refractivity contribution is 5.94. The van der Waals surface area contributed by atoms with E-state index in [0.717, 1.165) is 48.0 Å². The number of aliphatic hydroxyl groups excluding tert-OH is 1. The second kappa shape index (κ2) is 6.85. The molecule has 0 bridgehead atoms. The molecule has 0 amide bonds. The van der Waals surface area contributed by atoms with Gasteiger partial charge in [0.05, 0.1) is 21.5 Å². The number of piperidine rings is 1. The molecule has 4 aromatic rings. The molecule has 3 N–H and O–H groups in total. The molecule has 5 rings (SSSR count). The highest BCUT2D eigenvalue weighted by Gasteiger charge is 2.20. The van der Waals surface area contributed by atoms with E-state index in [0.29, 0.717) is 23.0 Å². The number of nitro benzene ring substituents is 1. The number of imidazole rings is 1. The molecule has 148 valence electrons. The van der Waals surface area contributed by atoms with Gasteiger partial charge in [0.2, 0.25) is 0 Å². The highest BCUT2D eigenvalue weighted by Crippen LogP contribution is 2.30. The summed E-state index contributed by atoms with van der Waals surface area (Å²) in [5.74, 6) is 1.02. The molecule has 1 aliphatic heterocycles. The normalized spacial score (nSPS) is 15.4. The molecule has 9 heteroatoms. The summed E-state index contributed by atoms with van der Waals surface area (Å²) in [6.07, 6.45) is 1.99. The van der Waals surface area contributed by atoms with E-state index in [1.807, 2.05) is 6.07 Å². The molecule has 1 fully saturated rings. The molecule has 0 aliphatic carbocycles. The summed E-state index contributed by atoms with van der Waals surface area (Å²) in [6, 6.07) is 10.8. The molecule has 2 aromatic heterocycles. The fourth-order valence-electron chi connectivity index (χ4n) is 3.98. The number of anilines is 1. The predicted molar refractivity (Wildman–Crippen MR) is 110 cm³/mol. The van der Waals surface area contributed by atoms with E-state index in [4.69, 9.17) is 0 Å². The zero-order valence-corrected chi connectivity index (χ0v) is 15.6. The van der Waals surface area contributed by atoms with Crippen LogP contribution in [0.25, 0.3) is 33.5 Å². The van der Waals surface area contributed by atoms with Crippen molar-refractivity contribution >= 4 is 33.3 Å². The molecule has 0 radical (unpaired) electrons. The van der Waals surface area contributed by atoms with Crippen molar-refractivity contribution in [3.63, 3.8) is 0 Å². The SMILES string of the molecule is O=[N+]([O-])c1ccc2c(-c3nc4ccc(N5CCC(CO)CC5)cc4[nH]3)n[nH]c2c1. The lowest BCUT2D eigenvalue weighted by atomic mass is 9.97. The Morgan fingerprint density at radius 3 is 2.76 bits per heavy atom. The molecule has 3 heterocycles. The second-order valence-corrected chi connectivity index (χ2v) is 7.46. The van der Waals surface area contributed by atoms with Crippen molar-refractivity contribution in [1.82, 2.24) is 20.2 Å². The lowest BCUT2D eigenvalue weighted by molar-refractivity contribution is -0.384. The molecule has 0 unspecified atom stereocenters. The lowest BCUT2D eigenvalue weighted by Gasteiger charge is -2.32. The number of nitrogens with one attached hydrogen (secondary N) is 2. The van der Waals surface area contributed by atoms with Crippen LogP contribution in [0.3, 0.4) is 0 Å². The first-order valence-electron chi connectivity index (χ1n) is 9.61. The molecule has 0 atom stereocenters. The molecule has 0 saturated carbocycles. The quantitative estimate of drug-likeness (QED) is 0.362. The number of aliphatic hydroxyl groups is 1. The van der Waals surface area contributed by atoms with Crippen LogP contribution >= 0.6 is 0 Å². The molecule has 29 heavy (non-hydrogen) atoms. The third-order valence-electron chi connectivity index (χ3n) is 5.68. The third-order valence-corrected chi connectivity index (χ3v) is 5.68. The van der Waals surface area contributed by atoms with Crippen molar-refractivity contribution in [2.45, 2.75) is 12.8 Å². The maximum absolute atomic E-state index is 11.0. The van der Waals surface area contributed by atoms with Gasteiger partial charge in [-0.1, -0.05) is 0 Å². The molecule has 1 aliphatic rings. The first-order valence-corrected chi connectivity index (χ1v) is 9.61. The van der Waals surface area contributed by atoms with E-state index in [1.54, 1.807) is 6.07 Å². The lowest BCUT2D eigenvalue weighted by Crippen LogP contribution is -2.34. The summed E-state index contributed by atoms with van der Waals surface area (Å²) in [5.41, 5.74) is 4.14.